The van der Waals surface area contributed by atoms with E-state index >= 15 is 0 Å². The van der Waals surface area contributed by atoms with Gasteiger partial charge in [0.25, 0.3) is 5.91 Å². The Labute approximate surface area is 227 Å². The highest BCUT2D eigenvalue weighted by Gasteiger charge is 2.39. The molecular formula is C28H24N6O4S. The van der Waals surface area contributed by atoms with Gasteiger partial charge in [0.2, 0.25) is 5.91 Å². The molecule has 1 aliphatic heterocycles. The van der Waals surface area contributed by atoms with Crippen LogP contribution in [0.25, 0.3) is 10.2 Å². The minimum Gasteiger partial charge on any atom is -0.456 e. The summed E-state index contributed by atoms with van der Waals surface area (Å²) < 4.78 is 5.82. The second-order valence-electron chi connectivity index (χ2n) is 9.30. The first-order valence-electron chi connectivity index (χ1n) is 12.4. The average molecular weight is 541 g/mol. The van der Waals surface area contributed by atoms with E-state index in [-0.39, 0.29) is 11.8 Å². The number of thiophene rings is 1. The summed E-state index contributed by atoms with van der Waals surface area (Å²) in [5.41, 5.74) is 0.798. The van der Waals surface area contributed by atoms with Crippen molar-refractivity contribution in [2.75, 3.05) is 10.2 Å². The quantitative estimate of drug-likeness (QED) is 0.211. The van der Waals surface area contributed by atoms with Gasteiger partial charge in [-0.3, -0.25) is 19.5 Å². The Morgan fingerprint density at radius 3 is 2.59 bits per heavy atom. The van der Waals surface area contributed by atoms with E-state index in [1.165, 1.54) is 17.4 Å². The van der Waals surface area contributed by atoms with Gasteiger partial charge in [-0.2, -0.15) is 0 Å². The fourth-order valence-electron chi connectivity index (χ4n) is 5.03. The number of rotatable bonds is 7. The van der Waals surface area contributed by atoms with Crippen molar-refractivity contribution >= 4 is 56.5 Å². The van der Waals surface area contributed by atoms with Gasteiger partial charge in [0.15, 0.2) is 0 Å². The van der Waals surface area contributed by atoms with Crippen molar-refractivity contribution in [3.63, 3.8) is 0 Å². The molecule has 1 aliphatic carbocycles. The summed E-state index contributed by atoms with van der Waals surface area (Å²) in [6.07, 6.45) is 9.08. The second-order valence-corrected chi connectivity index (χ2v) is 10.3. The first-order chi connectivity index (χ1) is 19.0. The van der Waals surface area contributed by atoms with Crippen LogP contribution in [0.2, 0.25) is 0 Å². The van der Waals surface area contributed by atoms with Crippen LogP contribution in [-0.4, -0.2) is 33.5 Å². The molecule has 4 amide bonds. The van der Waals surface area contributed by atoms with Crippen LogP contribution in [-0.2, 0) is 4.79 Å². The average Bonchev–Trinajstić information content (AvgIpc) is 3.55. The number of nitrogens with one attached hydrogen (secondary N) is 3. The number of benzene rings is 1. The molecule has 1 fully saturated rings. The van der Waals surface area contributed by atoms with Gasteiger partial charge in [-0.1, -0.05) is 6.58 Å². The van der Waals surface area contributed by atoms with Gasteiger partial charge >= 0.3 is 6.03 Å². The van der Waals surface area contributed by atoms with Gasteiger partial charge in [0.1, 0.15) is 26.9 Å². The normalized spacial score (nSPS) is 15.5. The minimum atomic E-state index is -0.855. The minimum absolute atomic E-state index is 0.331. The van der Waals surface area contributed by atoms with Crippen molar-refractivity contribution in [3.05, 3.63) is 78.6 Å². The molecule has 3 N–H and O–H groups in total. The van der Waals surface area contributed by atoms with Gasteiger partial charge in [0.05, 0.1) is 28.6 Å². The summed E-state index contributed by atoms with van der Waals surface area (Å²) in [5, 5.41) is 9.48. The highest BCUT2D eigenvalue weighted by Crippen LogP contribution is 2.46. The molecule has 0 bridgehead atoms. The first-order valence-corrected chi connectivity index (χ1v) is 13.3. The van der Waals surface area contributed by atoms with E-state index in [0.29, 0.717) is 56.5 Å². The fourth-order valence-corrected chi connectivity index (χ4v) is 6.04. The largest absolute Gasteiger partial charge is 0.456 e. The number of hydrogen-bond donors (Lipinski definition) is 3. The predicted molar refractivity (Wildman–Crippen MR) is 149 cm³/mol. The molecule has 0 atom stereocenters. The number of aromatic nitrogens is 2. The van der Waals surface area contributed by atoms with E-state index in [9.17, 15) is 14.4 Å². The molecule has 0 spiro atoms. The molecule has 4 aromatic rings. The molecule has 10 nitrogen and oxygen atoms in total. The molecular weight excluding hydrogens is 516 g/mol. The lowest BCUT2D eigenvalue weighted by atomic mass is 10.1. The summed E-state index contributed by atoms with van der Waals surface area (Å²) in [6.45, 7) is 3.52. The number of amides is 4. The van der Waals surface area contributed by atoms with E-state index in [1.54, 1.807) is 66.0 Å². The van der Waals surface area contributed by atoms with Crippen molar-refractivity contribution in [1.29, 1.82) is 0 Å². The van der Waals surface area contributed by atoms with Crippen LogP contribution in [0.1, 0.15) is 35.4 Å². The van der Waals surface area contributed by atoms with Crippen LogP contribution in [0.5, 0.6) is 11.5 Å². The third kappa shape index (κ3) is 4.57. The van der Waals surface area contributed by atoms with E-state index in [0.717, 1.165) is 12.8 Å². The molecule has 1 aromatic carbocycles. The highest BCUT2D eigenvalue weighted by atomic mass is 32.1. The van der Waals surface area contributed by atoms with Crippen LogP contribution >= 0.6 is 11.3 Å². The molecule has 0 saturated heterocycles. The third-order valence-corrected chi connectivity index (χ3v) is 7.87. The summed E-state index contributed by atoms with van der Waals surface area (Å²) >= 11 is 1.20. The zero-order valence-corrected chi connectivity index (χ0v) is 21.6. The molecule has 4 heterocycles. The zero-order valence-electron chi connectivity index (χ0n) is 20.8. The number of hydrogen-bond acceptors (Lipinski definition) is 7. The molecule has 39 heavy (non-hydrogen) atoms. The fraction of sp³-hybridized carbons (Fsp3) is 0.179. The monoisotopic (exact) mass is 540 g/mol. The van der Waals surface area contributed by atoms with Gasteiger partial charge in [-0.05, 0) is 74.2 Å². The summed E-state index contributed by atoms with van der Waals surface area (Å²) in [6, 6.07) is 12.1. The molecule has 1 saturated carbocycles. The van der Waals surface area contributed by atoms with Crippen LogP contribution in [0.4, 0.5) is 21.9 Å². The van der Waals surface area contributed by atoms with E-state index in [2.05, 4.69) is 32.5 Å². The number of pyridine rings is 2. The van der Waals surface area contributed by atoms with Crippen molar-refractivity contribution in [2.45, 2.75) is 31.3 Å². The van der Waals surface area contributed by atoms with Gasteiger partial charge in [0, 0.05) is 12.4 Å². The molecule has 3 aromatic heterocycles. The van der Waals surface area contributed by atoms with E-state index < -0.39 is 11.7 Å². The summed E-state index contributed by atoms with van der Waals surface area (Å²) in [5.74, 6) is 0.480. The van der Waals surface area contributed by atoms with Gasteiger partial charge in [-0.15, -0.1) is 11.3 Å². The molecule has 196 valence electrons. The van der Waals surface area contributed by atoms with Gasteiger partial charge in [-0.25, -0.2) is 9.78 Å². The Balaban J connectivity index is 1.31. The highest BCUT2D eigenvalue weighted by molar-refractivity contribution is 7.21. The Morgan fingerprint density at radius 1 is 1.08 bits per heavy atom. The summed E-state index contributed by atoms with van der Waals surface area (Å²) in [4.78, 5) is 50.0. The smallest absolute Gasteiger partial charge is 0.331 e. The van der Waals surface area contributed by atoms with E-state index in [4.69, 9.17) is 4.74 Å². The van der Waals surface area contributed by atoms with Crippen molar-refractivity contribution in [2.24, 2.45) is 0 Å². The molecule has 2 aliphatic rings. The van der Waals surface area contributed by atoms with Crippen molar-refractivity contribution in [3.8, 4) is 11.5 Å². The predicted octanol–water partition coefficient (Wildman–Crippen LogP) is 5.47. The molecule has 0 unspecified atom stereocenters. The Kier molecular flexibility index (Phi) is 6.20. The number of urea groups is 1. The van der Waals surface area contributed by atoms with Gasteiger partial charge < -0.3 is 20.7 Å². The second kappa shape index (κ2) is 9.84. The van der Waals surface area contributed by atoms with E-state index in [1.807, 2.05) is 0 Å². The lowest BCUT2D eigenvalue weighted by molar-refractivity contribution is -0.118. The van der Waals surface area contributed by atoms with Crippen molar-refractivity contribution in [1.82, 2.24) is 20.6 Å². The van der Waals surface area contributed by atoms with Crippen LogP contribution < -0.4 is 25.6 Å². The maximum absolute atomic E-state index is 13.5. The van der Waals surface area contributed by atoms with Crippen molar-refractivity contribution < 1.29 is 19.1 Å². The third-order valence-electron chi connectivity index (χ3n) is 6.77. The molecule has 11 heteroatoms. The first kappa shape index (κ1) is 24.6. The molecule has 0 radical (unpaired) electrons. The van der Waals surface area contributed by atoms with Crippen LogP contribution in [0, 0.1) is 0 Å². The Hall–Kier alpha value is -4.77. The zero-order chi connectivity index (χ0) is 27.0. The lowest BCUT2D eigenvalue weighted by Gasteiger charge is -2.31. The Morgan fingerprint density at radius 2 is 1.87 bits per heavy atom. The van der Waals surface area contributed by atoms with Crippen LogP contribution in [0.15, 0.2) is 73.7 Å². The van der Waals surface area contributed by atoms with Crippen LogP contribution in [0.3, 0.4) is 0 Å². The lowest BCUT2D eigenvalue weighted by Crippen LogP contribution is -2.58. The SMILES string of the molecule is C=CC(=O)NC1(NC(=O)c2sc3nccc4c3c2NC(=O)N4c2ccc(Oc3cccnc3)cc2)CCCC1. The topological polar surface area (TPSA) is 126 Å². The number of carbonyl (C=O) groups excluding carboxylic acids is 3. The Bertz CT molecular complexity index is 1600. The maximum Gasteiger partial charge on any atom is 0.331 e. The summed E-state index contributed by atoms with van der Waals surface area (Å²) in [7, 11) is 0. The maximum atomic E-state index is 13.5. The number of carbonyl (C=O) groups is 3. The standard InChI is InChI=1S/C28H24N6O4S/c1-2-21(35)32-28(12-3-4-13-28)33-25(36)24-23-22-20(11-15-30-26(22)39-24)34(27(37)31-23)17-7-9-18(10-8-17)38-19-6-5-14-29-16-19/h2,5-11,14-16H,1,3-4,12-13H2,(H,31,37)(H,32,35)(H,33,36). The molecule has 6 rings (SSSR count). The number of anilines is 3. The number of ether oxygens (including phenoxy) is 1. The number of nitrogens with zero attached hydrogens (tertiary/aromatic N) is 3.